The molecule has 1 saturated heterocycles. The Morgan fingerprint density at radius 3 is 2.52 bits per heavy atom. The molecule has 2 aliphatic rings. The van der Waals surface area contributed by atoms with Crippen molar-refractivity contribution < 1.29 is 9.53 Å². The second kappa shape index (κ2) is 6.15. The summed E-state index contributed by atoms with van der Waals surface area (Å²) in [4.78, 5) is 14.5. The largest absolute Gasteiger partial charge is 0.491 e. The van der Waals surface area contributed by atoms with Crippen molar-refractivity contribution in [3.8, 4) is 5.75 Å². The summed E-state index contributed by atoms with van der Waals surface area (Å²) in [5.74, 6) is 0.924. The minimum Gasteiger partial charge on any atom is -0.491 e. The highest BCUT2D eigenvalue weighted by Gasteiger charge is 2.59. The smallest absolute Gasteiger partial charge is 0.241 e. The zero-order chi connectivity index (χ0) is 19.2. The van der Waals surface area contributed by atoms with Gasteiger partial charge in [-0.2, -0.15) is 0 Å². The number of carbonyl (C=O) groups is 1. The Balaban J connectivity index is 1.69. The molecule has 0 aromatic heterocycles. The third-order valence-electron chi connectivity index (χ3n) is 5.65. The Morgan fingerprint density at radius 2 is 1.81 bits per heavy atom. The maximum absolute atomic E-state index is 12.3. The van der Waals surface area contributed by atoms with E-state index in [1.54, 1.807) is 0 Å². The first-order valence-corrected chi connectivity index (χ1v) is 9.48. The summed E-state index contributed by atoms with van der Waals surface area (Å²) in [5, 5.41) is 3.25. The maximum atomic E-state index is 12.3. The van der Waals surface area contributed by atoms with Crippen molar-refractivity contribution in [2.45, 2.75) is 44.9 Å². The van der Waals surface area contributed by atoms with E-state index in [9.17, 15) is 4.79 Å². The van der Waals surface area contributed by atoms with Crippen LogP contribution in [0.15, 0.2) is 54.6 Å². The molecule has 2 aliphatic heterocycles. The van der Waals surface area contributed by atoms with Crippen molar-refractivity contribution in [2.24, 2.45) is 0 Å². The fourth-order valence-corrected chi connectivity index (χ4v) is 4.29. The summed E-state index contributed by atoms with van der Waals surface area (Å²) < 4.78 is 5.72. The van der Waals surface area contributed by atoms with Gasteiger partial charge in [-0.3, -0.25) is 4.79 Å². The molecule has 1 fully saturated rings. The van der Waals surface area contributed by atoms with E-state index in [2.05, 4.69) is 54.4 Å². The Bertz CT molecular complexity index is 899. The molecule has 0 radical (unpaired) electrons. The van der Waals surface area contributed by atoms with Crippen molar-refractivity contribution in [2.75, 3.05) is 11.4 Å². The number of amides is 1. The zero-order valence-corrected chi connectivity index (χ0v) is 16.3. The fraction of sp³-hybridized carbons (Fsp3) is 0.348. The van der Waals surface area contributed by atoms with Gasteiger partial charge in [-0.15, -0.1) is 0 Å². The highest BCUT2D eigenvalue weighted by molar-refractivity contribution is 5.91. The lowest BCUT2D eigenvalue weighted by atomic mass is 9.75. The van der Waals surface area contributed by atoms with Gasteiger partial charge in [0.1, 0.15) is 11.4 Å². The van der Waals surface area contributed by atoms with Gasteiger partial charge in [0.25, 0.3) is 0 Å². The van der Waals surface area contributed by atoms with Crippen LogP contribution in [0.1, 0.15) is 38.8 Å². The van der Waals surface area contributed by atoms with E-state index in [4.69, 9.17) is 4.74 Å². The lowest BCUT2D eigenvalue weighted by molar-refractivity contribution is -0.118. The first kappa shape index (κ1) is 17.7. The first-order chi connectivity index (χ1) is 12.8. The van der Waals surface area contributed by atoms with Crippen LogP contribution in [-0.2, 0) is 10.2 Å². The fourth-order valence-electron chi connectivity index (χ4n) is 4.29. The Kier molecular flexibility index (Phi) is 4.02. The van der Waals surface area contributed by atoms with Gasteiger partial charge < -0.3 is 15.0 Å². The van der Waals surface area contributed by atoms with Crippen LogP contribution in [0.2, 0.25) is 0 Å². The van der Waals surface area contributed by atoms with Crippen LogP contribution in [0.5, 0.6) is 5.75 Å². The van der Waals surface area contributed by atoms with E-state index >= 15 is 0 Å². The second-order valence-corrected chi connectivity index (χ2v) is 8.11. The number of rotatable bonds is 4. The van der Waals surface area contributed by atoms with Gasteiger partial charge in [0.05, 0.1) is 12.6 Å². The molecular weight excluding hydrogens is 336 g/mol. The molecule has 1 atom stereocenters. The summed E-state index contributed by atoms with van der Waals surface area (Å²) in [6.07, 6.45) is 4.38. The average Bonchev–Trinajstić information content (AvgIpc) is 3.06. The van der Waals surface area contributed by atoms with Crippen LogP contribution in [-0.4, -0.2) is 24.2 Å². The van der Waals surface area contributed by atoms with Crippen LogP contribution >= 0.6 is 0 Å². The molecule has 1 amide bonds. The lowest BCUT2D eigenvalue weighted by Gasteiger charge is -2.40. The predicted octanol–water partition coefficient (Wildman–Crippen LogP) is 4.11. The number of fused-ring (bicyclic) bond motifs is 3. The van der Waals surface area contributed by atoms with Gasteiger partial charge >= 0.3 is 0 Å². The minimum absolute atomic E-state index is 0.0582. The molecule has 4 nitrogen and oxygen atoms in total. The average molecular weight is 362 g/mol. The van der Waals surface area contributed by atoms with E-state index < -0.39 is 5.66 Å². The third-order valence-corrected chi connectivity index (χ3v) is 5.65. The summed E-state index contributed by atoms with van der Waals surface area (Å²) in [5.41, 5.74) is 2.67. The van der Waals surface area contributed by atoms with Crippen LogP contribution in [0.25, 0.3) is 6.08 Å². The van der Waals surface area contributed by atoms with E-state index in [1.165, 1.54) is 5.56 Å². The zero-order valence-electron chi connectivity index (χ0n) is 16.3. The number of para-hydroxylation sites is 1. The number of hydrogen-bond donors (Lipinski definition) is 1. The van der Waals surface area contributed by atoms with Crippen molar-refractivity contribution in [1.29, 1.82) is 0 Å². The normalized spacial score (nSPS) is 22.9. The lowest BCUT2D eigenvalue weighted by Crippen LogP contribution is -2.58. The van der Waals surface area contributed by atoms with Gasteiger partial charge in [-0.05, 0) is 49.2 Å². The minimum atomic E-state index is -0.555. The van der Waals surface area contributed by atoms with E-state index in [1.807, 2.05) is 44.2 Å². The molecule has 0 aliphatic carbocycles. The summed E-state index contributed by atoms with van der Waals surface area (Å²) >= 11 is 0. The van der Waals surface area contributed by atoms with Crippen LogP contribution in [0.3, 0.4) is 0 Å². The molecule has 2 heterocycles. The molecule has 4 heteroatoms. The van der Waals surface area contributed by atoms with Gasteiger partial charge in [0, 0.05) is 11.1 Å². The Morgan fingerprint density at radius 1 is 1.11 bits per heavy atom. The molecule has 0 bridgehead atoms. The molecule has 2 aromatic carbocycles. The quantitative estimate of drug-likeness (QED) is 0.890. The molecule has 4 rings (SSSR count). The topological polar surface area (TPSA) is 41.6 Å². The summed E-state index contributed by atoms with van der Waals surface area (Å²) in [6, 6.07) is 16.4. The van der Waals surface area contributed by atoms with Gasteiger partial charge in [-0.1, -0.05) is 50.3 Å². The molecule has 1 N–H and O–H groups in total. The molecule has 0 saturated carbocycles. The molecule has 27 heavy (non-hydrogen) atoms. The molecular formula is C23H26N2O2. The maximum Gasteiger partial charge on any atom is 0.241 e. The SMILES string of the molecule is CC(C)Oc1ccc(C=CC23NC(=O)CN2c2ccccc2C3(C)C)cc1. The number of nitrogens with one attached hydrogen (secondary N) is 1. The molecule has 1 unspecified atom stereocenters. The van der Waals surface area contributed by atoms with Crippen molar-refractivity contribution >= 4 is 17.7 Å². The van der Waals surface area contributed by atoms with Crippen molar-refractivity contribution in [3.63, 3.8) is 0 Å². The summed E-state index contributed by atoms with van der Waals surface area (Å²) in [6.45, 7) is 8.81. The number of anilines is 1. The van der Waals surface area contributed by atoms with Gasteiger partial charge in [0.2, 0.25) is 5.91 Å². The Hall–Kier alpha value is -2.75. The van der Waals surface area contributed by atoms with Crippen molar-refractivity contribution in [1.82, 2.24) is 5.32 Å². The number of ether oxygens (including phenoxy) is 1. The van der Waals surface area contributed by atoms with Crippen LogP contribution in [0, 0.1) is 0 Å². The number of benzene rings is 2. The highest BCUT2D eigenvalue weighted by atomic mass is 16.5. The van der Waals surface area contributed by atoms with Gasteiger partial charge in [0.15, 0.2) is 0 Å². The molecule has 2 aromatic rings. The van der Waals surface area contributed by atoms with E-state index in [-0.39, 0.29) is 17.4 Å². The standard InChI is InChI=1S/C23H26N2O2/c1-16(2)27-18-11-9-17(10-12-18)13-14-23-22(3,4)19-7-5-6-8-20(19)25(23)15-21(26)24-23/h5-14,16H,15H2,1-4H3,(H,24,26). The number of carbonyl (C=O) groups excluding carboxylic acids is 1. The summed E-state index contributed by atoms with van der Waals surface area (Å²) in [7, 11) is 0. The monoisotopic (exact) mass is 362 g/mol. The van der Waals surface area contributed by atoms with Crippen LogP contribution in [0.4, 0.5) is 5.69 Å². The van der Waals surface area contributed by atoms with Gasteiger partial charge in [-0.25, -0.2) is 0 Å². The first-order valence-electron chi connectivity index (χ1n) is 9.48. The molecule has 0 spiro atoms. The molecule has 140 valence electrons. The third kappa shape index (κ3) is 2.71. The highest BCUT2D eigenvalue weighted by Crippen LogP contribution is 2.52. The van der Waals surface area contributed by atoms with E-state index in [0.717, 1.165) is 17.0 Å². The van der Waals surface area contributed by atoms with E-state index in [0.29, 0.717) is 6.54 Å². The predicted molar refractivity (Wildman–Crippen MR) is 109 cm³/mol. The second-order valence-electron chi connectivity index (χ2n) is 8.11. The number of nitrogens with zero attached hydrogens (tertiary/aromatic N) is 1. The van der Waals surface area contributed by atoms with Crippen molar-refractivity contribution in [3.05, 3.63) is 65.7 Å². The Labute approximate surface area is 160 Å². The van der Waals surface area contributed by atoms with Crippen LogP contribution < -0.4 is 15.0 Å². The number of hydrogen-bond acceptors (Lipinski definition) is 3.